The molecular weight excluding hydrogens is 313 g/mol. The molecule has 0 saturated carbocycles. The van der Waals surface area contributed by atoms with Gasteiger partial charge in [0.25, 0.3) is 5.91 Å². The predicted octanol–water partition coefficient (Wildman–Crippen LogP) is 2.04. The Morgan fingerprint density at radius 3 is 2.78 bits per heavy atom. The molecule has 124 valence electrons. The monoisotopic (exact) mass is 328 g/mol. The largest absolute Gasteiger partial charge is 0.468 e. The van der Waals surface area contributed by atoms with E-state index in [1.807, 2.05) is 6.92 Å². The molecule has 2 aromatic heterocycles. The molecule has 0 spiro atoms. The third-order valence-electron chi connectivity index (χ3n) is 2.78. The highest BCUT2D eigenvalue weighted by Crippen LogP contribution is 2.17. The van der Waals surface area contributed by atoms with Gasteiger partial charge in [0.1, 0.15) is 0 Å². The fourth-order valence-corrected chi connectivity index (χ4v) is 1.80. The topological polar surface area (TPSA) is 69.0 Å². The molecule has 0 aliphatic carbocycles. The number of alkyl halides is 3. The number of amides is 1. The summed E-state index contributed by atoms with van der Waals surface area (Å²) < 4.78 is 42.2. The van der Waals surface area contributed by atoms with Gasteiger partial charge in [-0.25, -0.2) is 4.98 Å². The molecule has 2 rings (SSSR count). The van der Waals surface area contributed by atoms with Crippen molar-refractivity contribution in [2.24, 2.45) is 0 Å². The number of nitrogens with one attached hydrogen (secondary N) is 1. The van der Waals surface area contributed by atoms with E-state index in [1.165, 1.54) is 18.3 Å². The highest BCUT2D eigenvalue weighted by molar-refractivity contribution is 5.94. The van der Waals surface area contributed by atoms with Crippen LogP contribution in [-0.2, 0) is 6.54 Å². The number of ether oxygens (including phenoxy) is 1. The summed E-state index contributed by atoms with van der Waals surface area (Å²) in [5.41, 5.74) is 0.233. The van der Waals surface area contributed by atoms with Crippen molar-refractivity contribution >= 4 is 5.91 Å². The van der Waals surface area contributed by atoms with E-state index in [-0.39, 0.29) is 23.4 Å². The lowest BCUT2D eigenvalue weighted by atomic mass is 10.2. The van der Waals surface area contributed by atoms with Crippen molar-refractivity contribution in [1.82, 2.24) is 20.1 Å². The first kappa shape index (κ1) is 16.8. The fraction of sp³-hybridized carbons (Fsp3) is 0.357. The van der Waals surface area contributed by atoms with Crippen molar-refractivity contribution in [2.45, 2.75) is 25.7 Å². The zero-order valence-electron chi connectivity index (χ0n) is 12.2. The van der Waals surface area contributed by atoms with E-state index in [0.717, 1.165) is 0 Å². The van der Waals surface area contributed by atoms with Crippen molar-refractivity contribution < 1.29 is 22.7 Å². The van der Waals surface area contributed by atoms with E-state index in [9.17, 15) is 18.0 Å². The quantitative estimate of drug-likeness (QED) is 0.881. The Balaban J connectivity index is 1.87. The Morgan fingerprint density at radius 2 is 2.22 bits per heavy atom. The molecule has 0 bridgehead atoms. The molecule has 0 radical (unpaired) electrons. The zero-order chi connectivity index (χ0) is 16.9. The summed E-state index contributed by atoms with van der Waals surface area (Å²) in [7, 11) is 0. The van der Waals surface area contributed by atoms with Gasteiger partial charge in [-0.2, -0.15) is 18.3 Å². The Hall–Kier alpha value is -2.58. The SMILES string of the molecule is CC(Cn1cccn1)NC(=O)c1ccc(OCC(F)(F)F)nc1. The van der Waals surface area contributed by atoms with Gasteiger partial charge in [-0.05, 0) is 19.1 Å². The smallest absolute Gasteiger partial charge is 0.422 e. The fourth-order valence-electron chi connectivity index (χ4n) is 1.80. The van der Waals surface area contributed by atoms with Gasteiger partial charge in [0.2, 0.25) is 5.88 Å². The summed E-state index contributed by atoms with van der Waals surface area (Å²) in [6.45, 7) is 0.888. The van der Waals surface area contributed by atoms with Crippen molar-refractivity contribution in [1.29, 1.82) is 0 Å². The number of pyridine rings is 1. The molecule has 0 aliphatic heterocycles. The minimum Gasteiger partial charge on any atom is -0.468 e. The molecule has 9 heteroatoms. The Labute approximate surface area is 130 Å². The summed E-state index contributed by atoms with van der Waals surface area (Å²) in [6, 6.07) is 4.18. The second-order valence-electron chi connectivity index (χ2n) is 4.89. The van der Waals surface area contributed by atoms with Crippen LogP contribution in [-0.4, -0.2) is 39.5 Å². The molecule has 1 amide bonds. The first-order chi connectivity index (χ1) is 10.8. The number of nitrogens with zero attached hydrogens (tertiary/aromatic N) is 3. The Kier molecular flexibility index (Phi) is 5.20. The minimum atomic E-state index is -4.43. The average molecular weight is 328 g/mol. The van der Waals surface area contributed by atoms with E-state index in [1.54, 1.807) is 23.1 Å². The maximum absolute atomic E-state index is 12.0. The van der Waals surface area contributed by atoms with Gasteiger partial charge in [-0.1, -0.05) is 0 Å². The van der Waals surface area contributed by atoms with E-state index in [2.05, 4.69) is 20.1 Å². The molecule has 0 aliphatic rings. The lowest BCUT2D eigenvalue weighted by molar-refractivity contribution is -0.154. The second-order valence-corrected chi connectivity index (χ2v) is 4.89. The van der Waals surface area contributed by atoms with Gasteiger partial charge in [0.15, 0.2) is 6.61 Å². The molecule has 0 saturated heterocycles. The molecule has 2 aromatic rings. The van der Waals surface area contributed by atoms with Crippen LogP contribution in [0.3, 0.4) is 0 Å². The molecule has 2 heterocycles. The molecule has 23 heavy (non-hydrogen) atoms. The van der Waals surface area contributed by atoms with Crippen LogP contribution in [0.1, 0.15) is 17.3 Å². The van der Waals surface area contributed by atoms with Crippen molar-refractivity contribution in [3.8, 4) is 5.88 Å². The molecule has 6 nitrogen and oxygen atoms in total. The second kappa shape index (κ2) is 7.12. The van der Waals surface area contributed by atoms with E-state index in [0.29, 0.717) is 6.54 Å². The van der Waals surface area contributed by atoms with Gasteiger partial charge in [0.05, 0.1) is 12.1 Å². The van der Waals surface area contributed by atoms with Crippen LogP contribution in [0.4, 0.5) is 13.2 Å². The van der Waals surface area contributed by atoms with Gasteiger partial charge < -0.3 is 10.1 Å². The number of hydrogen-bond donors (Lipinski definition) is 1. The molecular formula is C14H15F3N4O2. The number of aromatic nitrogens is 3. The highest BCUT2D eigenvalue weighted by Gasteiger charge is 2.28. The predicted molar refractivity (Wildman–Crippen MR) is 74.9 cm³/mol. The van der Waals surface area contributed by atoms with Crippen molar-refractivity contribution in [3.63, 3.8) is 0 Å². The van der Waals surface area contributed by atoms with Crippen molar-refractivity contribution in [3.05, 3.63) is 42.4 Å². The lowest BCUT2D eigenvalue weighted by Crippen LogP contribution is -2.35. The molecule has 1 atom stereocenters. The van der Waals surface area contributed by atoms with Crippen LogP contribution >= 0.6 is 0 Å². The van der Waals surface area contributed by atoms with Gasteiger partial charge in [-0.15, -0.1) is 0 Å². The molecule has 0 aromatic carbocycles. The highest BCUT2D eigenvalue weighted by atomic mass is 19.4. The normalized spacial score (nSPS) is 12.7. The zero-order valence-corrected chi connectivity index (χ0v) is 12.2. The van der Waals surface area contributed by atoms with Gasteiger partial charge >= 0.3 is 6.18 Å². The summed E-state index contributed by atoms with van der Waals surface area (Å²) in [5.74, 6) is -0.567. The number of carbonyl (C=O) groups is 1. The molecule has 1 unspecified atom stereocenters. The summed E-state index contributed by atoms with van der Waals surface area (Å²) in [6.07, 6.45) is 0.149. The maximum Gasteiger partial charge on any atom is 0.422 e. The Bertz CT molecular complexity index is 626. The number of rotatable bonds is 6. The first-order valence-electron chi connectivity index (χ1n) is 6.77. The summed E-state index contributed by atoms with van der Waals surface area (Å²) >= 11 is 0. The first-order valence-corrected chi connectivity index (χ1v) is 6.77. The number of carbonyl (C=O) groups excluding carboxylic acids is 1. The minimum absolute atomic E-state index is 0.177. The number of halogens is 3. The third kappa shape index (κ3) is 5.61. The third-order valence-corrected chi connectivity index (χ3v) is 2.78. The maximum atomic E-state index is 12.0. The Morgan fingerprint density at radius 1 is 1.43 bits per heavy atom. The lowest BCUT2D eigenvalue weighted by Gasteiger charge is -2.14. The van der Waals surface area contributed by atoms with E-state index < -0.39 is 12.8 Å². The number of hydrogen-bond acceptors (Lipinski definition) is 4. The van der Waals surface area contributed by atoms with Crippen LogP contribution in [0.5, 0.6) is 5.88 Å². The summed E-state index contributed by atoms with van der Waals surface area (Å²) in [4.78, 5) is 15.7. The van der Waals surface area contributed by atoms with E-state index >= 15 is 0 Å². The van der Waals surface area contributed by atoms with Crippen LogP contribution < -0.4 is 10.1 Å². The van der Waals surface area contributed by atoms with Crippen LogP contribution in [0.2, 0.25) is 0 Å². The molecule has 1 N–H and O–H groups in total. The van der Waals surface area contributed by atoms with Crippen LogP contribution in [0.15, 0.2) is 36.8 Å². The van der Waals surface area contributed by atoms with Crippen LogP contribution in [0.25, 0.3) is 0 Å². The van der Waals surface area contributed by atoms with Gasteiger partial charge in [0, 0.05) is 30.7 Å². The average Bonchev–Trinajstić information content (AvgIpc) is 2.97. The van der Waals surface area contributed by atoms with Crippen molar-refractivity contribution in [2.75, 3.05) is 6.61 Å². The summed E-state index contributed by atoms with van der Waals surface area (Å²) in [5, 5.41) is 6.78. The van der Waals surface area contributed by atoms with E-state index in [4.69, 9.17) is 0 Å². The van der Waals surface area contributed by atoms with Crippen LogP contribution in [0, 0.1) is 0 Å². The van der Waals surface area contributed by atoms with Gasteiger partial charge in [-0.3, -0.25) is 9.48 Å². The molecule has 0 fully saturated rings. The standard InChI is InChI=1S/C14H15F3N4O2/c1-10(8-21-6-2-5-19-21)20-13(22)11-3-4-12(18-7-11)23-9-14(15,16)17/h2-7,10H,8-9H2,1H3,(H,20,22).